The number of hydrogen-bond donors (Lipinski definition) is 3. The minimum absolute atomic E-state index is 0. The van der Waals surface area contributed by atoms with Crippen LogP contribution in [-0.2, 0) is 17.9 Å². The van der Waals surface area contributed by atoms with Gasteiger partial charge in [0.25, 0.3) is 5.91 Å². The summed E-state index contributed by atoms with van der Waals surface area (Å²) in [6, 6.07) is 18.6. The number of nitrogens with one attached hydrogen (secondary N) is 2. The Kier molecular flexibility index (Phi) is 11.3. The molecule has 1 saturated heterocycles. The average Bonchev–Trinajstić information content (AvgIpc) is 2.78. The van der Waals surface area contributed by atoms with Crippen LogP contribution in [-0.4, -0.2) is 49.0 Å². The van der Waals surface area contributed by atoms with Crippen molar-refractivity contribution >= 4 is 35.8 Å². The van der Waals surface area contributed by atoms with Crippen LogP contribution in [0.2, 0.25) is 0 Å². The molecule has 8 heteroatoms. The van der Waals surface area contributed by atoms with E-state index in [2.05, 4.69) is 52.8 Å². The predicted molar refractivity (Wildman–Crippen MR) is 139 cm³/mol. The van der Waals surface area contributed by atoms with Gasteiger partial charge in [-0.15, -0.1) is 24.0 Å². The first-order valence-corrected chi connectivity index (χ1v) is 10.9. The number of aliphatic imine (C=N–C) groups is 1. The van der Waals surface area contributed by atoms with Crippen LogP contribution in [0.3, 0.4) is 0 Å². The number of hydrogen-bond acceptors (Lipinski definition) is 4. The number of guanidine groups is 1. The summed E-state index contributed by atoms with van der Waals surface area (Å²) in [4.78, 5) is 18.1. The van der Waals surface area contributed by atoms with Crippen molar-refractivity contribution in [3.63, 3.8) is 0 Å². The van der Waals surface area contributed by atoms with Gasteiger partial charge in [-0.25, -0.2) is 4.99 Å². The molecule has 174 valence electrons. The van der Waals surface area contributed by atoms with Gasteiger partial charge in [-0.05, 0) is 43.0 Å². The molecule has 0 radical (unpaired) electrons. The average molecular weight is 551 g/mol. The van der Waals surface area contributed by atoms with Crippen molar-refractivity contribution < 1.29 is 9.53 Å². The molecule has 3 rings (SSSR count). The fourth-order valence-corrected chi connectivity index (χ4v) is 3.65. The van der Waals surface area contributed by atoms with Gasteiger partial charge in [0.15, 0.2) is 12.6 Å². The number of halogens is 1. The van der Waals surface area contributed by atoms with Crippen molar-refractivity contribution in [2.24, 2.45) is 10.7 Å². The number of likely N-dealkylation sites (tertiary alicyclic amines) is 1. The summed E-state index contributed by atoms with van der Waals surface area (Å²) in [6.07, 6.45) is 2.18. The van der Waals surface area contributed by atoms with E-state index in [1.807, 2.05) is 24.3 Å². The minimum Gasteiger partial charge on any atom is -0.484 e. The second-order valence-electron chi connectivity index (χ2n) is 7.78. The number of amides is 1. The summed E-state index contributed by atoms with van der Waals surface area (Å²) >= 11 is 0. The van der Waals surface area contributed by atoms with Crippen molar-refractivity contribution in [3.05, 3.63) is 65.7 Å². The van der Waals surface area contributed by atoms with Crippen LogP contribution in [0, 0.1) is 0 Å². The van der Waals surface area contributed by atoms with E-state index in [1.165, 1.54) is 5.56 Å². The summed E-state index contributed by atoms with van der Waals surface area (Å²) < 4.78 is 5.38. The van der Waals surface area contributed by atoms with Gasteiger partial charge < -0.3 is 21.1 Å². The first-order valence-electron chi connectivity index (χ1n) is 10.9. The lowest BCUT2D eigenvalue weighted by molar-refractivity contribution is -0.119. The first-order chi connectivity index (χ1) is 15.1. The maximum atomic E-state index is 10.9. The zero-order valence-corrected chi connectivity index (χ0v) is 21.0. The van der Waals surface area contributed by atoms with Gasteiger partial charge in [-0.1, -0.05) is 42.5 Å². The topological polar surface area (TPSA) is 92.0 Å². The first kappa shape index (κ1) is 25.9. The maximum absolute atomic E-state index is 10.9. The van der Waals surface area contributed by atoms with E-state index < -0.39 is 5.91 Å². The zero-order valence-electron chi connectivity index (χ0n) is 18.6. The van der Waals surface area contributed by atoms with Crippen LogP contribution < -0.4 is 21.1 Å². The summed E-state index contributed by atoms with van der Waals surface area (Å²) in [6.45, 7) is 6.43. The van der Waals surface area contributed by atoms with Crippen LogP contribution >= 0.6 is 24.0 Å². The molecule has 0 saturated carbocycles. The summed E-state index contributed by atoms with van der Waals surface area (Å²) in [5, 5.41) is 6.92. The molecule has 32 heavy (non-hydrogen) atoms. The highest BCUT2D eigenvalue weighted by Gasteiger charge is 2.20. The smallest absolute Gasteiger partial charge is 0.255 e. The molecule has 1 aliphatic heterocycles. The molecule has 1 fully saturated rings. The molecule has 1 aliphatic rings. The van der Waals surface area contributed by atoms with Gasteiger partial charge in [0.05, 0.1) is 6.54 Å². The quantitative estimate of drug-likeness (QED) is 0.253. The molecule has 4 N–H and O–H groups in total. The molecule has 0 spiro atoms. The van der Waals surface area contributed by atoms with Crippen molar-refractivity contribution in [3.8, 4) is 5.75 Å². The molecular formula is C24H34IN5O2. The number of nitrogens with two attached hydrogens (primary N) is 1. The minimum atomic E-state index is -0.489. The summed E-state index contributed by atoms with van der Waals surface area (Å²) in [5.74, 6) is 0.958. The number of rotatable bonds is 9. The molecule has 1 heterocycles. The van der Waals surface area contributed by atoms with Crippen molar-refractivity contribution in [2.45, 2.75) is 38.9 Å². The Balaban J connectivity index is 0.00000363. The zero-order chi connectivity index (χ0) is 21.9. The Morgan fingerprint density at radius 3 is 2.53 bits per heavy atom. The summed E-state index contributed by atoms with van der Waals surface area (Å²) in [5.41, 5.74) is 7.52. The molecule has 7 nitrogen and oxygen atoms in total. The Hall–Kier alpha value is -2.33. The van der Waals surface area contributed by atoms with Gasteiger partial charge in [0.2, 0.25) is 0 Å². The predicted octanol–water partition coefficient (Wildman–Crippen LogP) is 2.89. The molecule has 0 aromatic heterocycles. The lowest BCUT2D eigenvalue weighted by Crippen LogP contribution is -2.48. The number of carbonyl (C=O) groups excluding carboxylic acids is 1. The molecule has 0 aliphatic carbocycles. The van der Waals surface area contributed by atoms with Gasteiger partial charge in [-0.3, -0.25) is 9.69 Å². The van der Waals surface area contributed by atoms with Crippen LogP contribution in [0.1, 0.15) is 30.9 Å². The van der Waals surface area contributed by atoms with Crippen LogP contribution in [0.4, 0.5) is 0 Å². The molecule has 0 bridgehead atoms. The lowest BCUT2D eigenvalue weighted by atomic mass is 10.0. The second kappa shape index (κ2) is 13.9. The monoisotopic (exact) mass is 551 g/mol. The van der Waals surface area contributed by atoms with Gasteiger partial charge in [-0.2, -0.15) is 0 Å². The molecular weight excluding hydrogens is 517 g/mol. The fourth-order valence-electron chi connectivity index (χ4n) is 3.65. The second-order valence-corrected chi connectivity index (χ2v) is 7.78. The lowest BCUT2D eigenvalue weighted by Gasteiger charge is -2.33. The number of benzene rings is 2. The third-order valence-corrected chi connectivity index (χ3v) is 5.22. The molecule has 1 amide bonds. The van der Waals surface area contributed by atoms with Crippen molar-refractivity contribution in [1.82, 2.24) is 15.5 Å². The highest BCUT2D eigenvalue weighted by Crippen LogP contribution is 2.15. The number of primary amides is 1. The Morgan fingerprint density at radius 1 is 1.12 bits per heavy atom. The van der Waals surface area contributed by atoms with E-state index in [9.17, 15) is 4.79 Å². The largest absolute Gasteiger partial charge is 0.484 e. The normalized spacial score (nSPS) is 15.0. The van der Waals surface area contributed by atoms with E-state index in [4.69, 9.17) is 15.5 Å². The fraction of sp³-hybridized carbons (Fsp3) is 0.417. The van der Waals surface area contributed by atoms with E-state index >= 15 is 0 Å². The summed E-state index contributed by atoms with van der Waals surface area (Å²) in [7, 11) is 0. The van der Waals surface area contributed by atoms with Gasteiger partial charge in [0.1, 0.15) is 5.75 Å². The SMILES string of the molecule is CCNC(=NCc1cccc(OCC(N)=O)c1)NC1CCN(Cc2ccccc2)CC1.I. The third-order valence-electron chi connectivity index (χ3n) is 5.22. The standard InChI is InChI=1S/C24H33N5O2.HI/c1-2-26-24(27-16-20-9-6-10-22(15-20)31-18-23(25)30)28-21-11-13-29(14-12-21)17-19-7-4-3-5-8-19;/h3-10,15,21H,2,11-14,16-18H2,1H3,(H2,25,30)(H2,26,27,28);1H. The Labute approximate surface area is 207 Å². The Bertz CT molecular complexity index is 854. The van der Waals surface area contributed by atoms with Crippen LogP contribution in [0.25, 0.3) is 0 Å². The van der Waals surface area contributed by atoms with Crippen LogP contribution in [0.5, 0.6) is 5.75 Å². The highest BCUT2D eigenvalue weighted by atomic mass is 127. The number of carbonyl (C=O) groups is 1. The molecule has 0 unspecified atom stereocenters. The van der Waals surface area contributed by atoms with Crippen LogP contribution in [0.15, 0.2) is 59.6 Å². The molecule has 2 aromatic rings. The van der Waals surface area contributed by atoms with Gasteiger partial charge >= 0.3 is 0 Å². The van der Waals surface area contributed by atoms with E-state index in [-0.39, 0.29) is 30.6 Å². The number of nitrogens with zero attached hydrogens (tertiary/aromatic N) is 2. The van der Waals surface area contributed by atoms with Gasteiger partial charge in [0, 0.05) is 32.2 Å². The maximum Gasteiger partial charge on any atom is 0.255 e. The molecule has 2 aromatic carbocycles. The van der Waals surface area contributed by atoms with Crippen molar-refractivity contribution in [2.75, 3.05) is 26.2 Å². The van der Waals surface area contributed by atoms with E-state index in [0.717, 1.165) is 50.5 Å². The number of piperidine rings is 1. The third kappa shape index (κ3) is 9.04. The van der Waals surface area contributed by atoms with E-state index in [0.29, 0.717) is 18.3 Å². The Morgan fingerprint density at radius 2 is 1.84 bits per heavy atom. The highest BCUT2D eigenvalue weighted by molar-refractivity contribution is 14.0. The molecule has 0 atom stereocenters. The van der Waals surface area contributed by atoms with E-state index in [1.54, 1.807) is 0 Å². The van der Waals surface area contributed by atoms with Crippen molar-refractivity contribution in [1.29, 1.82) is 0 Å². The number of ether oxygens (including phenoxy) is 1.